The van der Waals surface area contributed by atoms with Crippen LogP contribution in [0.3, 0.4) is 0 Å². The molecule has 0 unspecified atom stereocenters. The van der Waals surface area contributed by atoms with Crippen molar-refractivity contribution in [3.63, 3.8) is 0 Å². The molecule has 2 fully saturated rings. The average molecular weight is 711 g/mol. The van der Waals surface area contributed by atoms with E-state index < -0.39 is 11.6 Å². The van der Waals surface area contributed by atoms with Gasteiger partial charge in [-0.15, -0.1) is 0 Å². The number of ether oxygens (including phenoxy) is 1. The number of nitrogens with one attached hydrogen (secondary N) is 5. The zero-order valence-electron chi connectivity index (χ0n) is 26.6. The number of amides is 2. The molecule has 0 radical (unpaired) electrons. The highest BCUT2D eigenvalue weighted by Crippen LogP contribution is 2.42. The average Bonchev–Trinajstić information content (AvgIpc) is 3.71. The molecule has 2 amide bonds. The number of methoxy groups -OCH3 is 1. The molecule has 10 nitrogen and oxygen atoms in total. The summed E-state index contributed by atoms with van der Waals surface area (Å²) in [7, 11) is 1.46. The maximum absolute atomic E-state index is 15.5. The molecule has 6 rings (SSSR count). The second kappa shape index (κ2) is 15.5. The Morgan fingerprint density at radius 3 is 2.22 bits per heavy atom. The fraction of sp³-hybridized carbons (Fsp3) is 0.314. The second-order valence-electron chi connectivity index (χ2n) is 12.0. The fourth-order valence-electron chi connectivity index (χ4n) is 6.04. The molecule has 0 bridgehead atoms. The molecule has 4 aromatic rings. The number of hydrogen-bond acceptors (Lipinski definition) is 8. The summed E-state index contributed by atoms with van der Waals surface area (Å²) in [5.41, 5.74) is 2.96. The predicted octanol–water partition coefficient (Wildman–Crippen LogP) is 5.88. The van der Waals surface area contributed by atoms with Gasteiger partial charge in [-0.2, -0.15) is 0 Å². The predicted molar refractivity (Wildman–Crippen MR) is 185 cm³/mol. The Morgan fingerprint density at radius 2 is 1.55 bits per heavy atom. The number of carbonyl (C=O) groups excluding carboxylic acids is 2. The molecule has 4 heterocycles. The zero-order valence-corrected chi connectivity index (χ0v) is 28.2. The van der Waals surface area contributed by atoms with E-state index in [1.165, 1.54) is 19.4 Å². The van der Waals surface area contributed by atoms with Gasteiger partial charge < -0.3 is 31.3 Å². The Kier molecular flexibility index (Phi) is 10.9. The van der Waals surface area contributed by atoms with Crippen molar-refractivity contribution >= 4 is 46.5 Å². The van der Waals surface area contributed by atoms with Crippen molar-refractivity contribution < 1.29 is 23.1 Å². The summed E-state index contributed by atoms with van der Waals surface area (Å²) in [6.45, 7) is 1.49. The van der Waals surface area contributed by atoms with Gasteiger partial charge in [0, 0.05) is 91.3 Å². The molecular formula is C35H35Cl2F2N7O3. The Morgan fingerprint density at radius 1 is 0.878 bits per heavy atom. The first-order chi connectivity index (χ1) is 23.7. The first kappa shape index (κ1) is 34.5. The van der Waals surface area contributed by atoms with Crippen LogP contribution in [0, 0.1) is 11.6 Å². The van der Waals surface area contributed by atoms with Crippen molar-refractivity contribution in [2.75, 3.05) is 25.5 Å². The first-order valence-corrected chi connectivity index (χ1v) is 16.7. The number of carbonyl (C=O) groups is 2. The molecule has 2 atom stereocenters. The van der Waals surface area contributed by atoms with E-state index in [0.29, 0.717) is 70.9 Å². The molecule has 0 saturated carbocycles. The van der Waals surface area contributed by atoms with Gasteiger partial charge in [0.25, 0.3) is 0 Å². The number of hydrogen-bond donors (Lipinski definition) is 5. The van der Waals surface area contributed by atoms with E-state index in [9.17, 15) is 9.59 Å². The lowest BCUT2D eigenvalue weighted by Crippen LogP contribution is -2.35. The largest absolute Gasteiger partial charge is 0.496 e. The third-order valence-electron chi connectivity index (χ3n) is 8.62. The van der Waals surface area contributed by atoms with Crippen LogP contribution in [-0.4, -0.2) is 54.1 Å². The summed E-state index contributed by atoms with van der Waals surface area (Å²) < 4.78 is 36.5. The van der Waals surface area contributed by atoms with E-state index in [2.05, 4.69) is 36.6 Å². The van der Waals surface area contributed by atoms with E-state index in [4.69, 9.17) is 27.9 Å². The summed E-state index contributed by atoms with van der Waals surface area (Å²) in [4.78, 5) is 31.6. The van der Waals surface area contributed by atoms with E-state index in [-0.39, 0.29) is 52.9 Å². The lowest BCUT2D eigenvalue weighted by molar-refractivity contribution is -0.120. The van der Waals surface area contributed by atoms with Gasteiger partial charge in [-0.1, -0.05) is 35.3 Å². The Hall–Kier alpha value is -4.36. The van der Waals surface area contributed by atoms with E-state index in [1.807, 2.05) is 0 Å². The van der Waals surface area contributed by atoms with Crippen molar-refractivity contribution in [1.29, 1.82) is 0 Å². The number of pyridine rings is 2. The summed E-state index contributed by atoms with van der Waals surface area (Å²) >= 11 is 13.8. The summed E-state index contributed by atoms with van der Waals surface area (Å²) in [5.74, 6) is -0.665. The normalized spacial score (nSPS) is 17.2. The zero-order chi connectivity index (χ0) is 34.5. The highest BCUT2D eigenvalue weighted by molar-refractivity contribution is 6.39. The topological polar surface area (TPSA) is 129 Å². The second-order valence-corrected chi connectivity index (χ2v) is 12.7. The third kappa shape index (κ3) is 7.94. The molecule has 2 aliphatic heterocycles. The van der Waals surface area contributed by atoms with E-state index in [0.717, 1.165) is 12.8 Å². The maximum Gasteiger partial charge on any atom is 0.220 e. The number of benzene rings is 2. The SMILES string of the molecule is COc1cc(-c2nccc(-c3cccc(Nc4nccc(CNC[C@@H]5CCC(=O)N5)c4F)c3Cl)c2Cl)cc(F)c1CNC[C@H]1CCC(=O)N1. The molecule has 0 aliphatic carbocycles. The Bertz CT molecular complexity index is 1880. The molecule has 5 N–H and O–H groups in total. The smallest absolute Gasteiger partial charge is 0.220 e. The highest BCUT2D eigenvalue weighted by Gasteiger charge is 2.23. The Balaban J connectivity index is 1.19. The van der Waals surface area contributed by atoms with Gasteiger partial charge in [0.15, 0.2) is 11.6 Å². The number of anilines is 2. The number of halogens is 4. The van der Waals surface area contributed by atoms with Crippen LogP contribution in [0.4, 0.5) is 20.3 Å². The van der Waals surface area contributed by atoms with Crippen molar-refractivity contribution in [3.05, 3.63) is 87.7 Å². The van der Waals surface area contributed by atoms with Gasteiger partial charge in [-0.25, -0.2) is 13.8 Å². The molecule has 2 aliphatic rings. The number of aromatic nitrogens is 2. The number of nitrogens with zero attached hydrogens (tertiary/aromatic N) is 2. The van der Waals surface area contributed by atoms with Crippen LogP contribution in [0.25, 0.3) is 22.4 Å². The van der Waals surface area contributed by atoms with Gasteiger partial charge in [0.2, 0.25) is 11.8 Å². The van der Waals surface area contributed by atoms with Gasteiger partial charge in [0.05, 0.1) is 28.5 Å². The maximum atomic E-state index is 15.5. The van der Waals surface area contributed by atoms with Crippen molar-refractivity contribution in [2.45, 2.75) is 50.9 Å². The van der Waals surface area contributed by atoms with Crippen LogP contribution in [0.15, 0.2) is 54.9 Å². The minimum Gasteiger partial charge on any atom is -0.496 e. The molecule has 256 valence electrons. The standard InChI is InChI=1S/C35H35Cl2F2N7O3/c1-49-28-14-20(13-26(38)25(28)18-41-17-22-6-8-30(48)45-22)34-32(37)24(10-12-42-34)23-3-2-4-27(31(23)36)46-35-33(39)19(9-11-43-35)15-40-16-21-5-7-29(47)44-21/h2-4,9-14,21-22,40-41H,5-8,15-18H2,1H3,(H,43,46)(H,44,47)(H,45,48)/t21-,22+/m0/s1. The quantitative estimate of drug-likeness (QED) is 0.116. The fourth-order valence-corrected chi connectivity index (χ4v) is 6.64. The minimum absolute atomic E-state index is 0.000762. The van der Waals surface area contributed by atoms with Crippen LogP contribution in [0.1, 0.15) is 36.8 Å². The van der Waals surface area contributed by atoms with Gasteiger partial charge in [-0.05, 0) is 43.2 Å². The van der Waals surface area contributed by atoms with E-state index in [1.54, 1.807) is 42.6 Å². The van der Waals surface area contributed by atoms with Gasteiger partial charge in [-0.3, -0.25) is 14.6 Å². The monoisotopic (exact) mass is 709 g/mol. The molecule has 2 aromatic carbocycles. The molecule has 2 aromatic heterocycles. The molecule has 2 saturated heterocycles. The van der Waals surface area contributed by atoms with Gasteiger partial charge >= 0.3 is 0 Å². The first-order valence-electron chi connectivity index (χ1n) is 15.9. The van der Waals surface area contributed by atoms with Crippen molar-refractivity contribution in [1.82, 2.24) is 31.2 Å². The summed E-state index contributed by atoms with van der Waals surface area (Å²) in [6.07, 6.45) is 5.53. The van der Waals surface area contributed by atoms with Crippen LogP contribution in [0.5, 0.6) is 5.75 Å². The summed E-state index contributed by atoms with van der Waals surface area (Å²) in [6, 6.07) is 11.6. The molecule has 49 heavy (non-hydrogen) atoms. The van der Waals surface area contributed by atoms with Crippen molar-refractivity contribution in [3.8, 4) is 28.1 Å². The van der Waals surface area contributed by atoms with Crippen LogP contribution < -0.4 is 31.3 Å². The van der Waals surface area contributed by atoms with Crippen molar-refractivity contribution in [2.24, 2.45) is 0 Å². The molecule has 14 heteroatoms. The lowest BCUT2D eigenvalue weighted by Gasteiger charge is -2.17. The lowest BCUT2D eigenvalue weighted by atomic mass is 10.0. The van der Waals surface area contributed by atoms with Gasteiger partial charge in [0.1, 0.15) is 11.6 Å². The van der Waals surface area contributed by atoms with Crippen LogP contribution >= 0.6 is 23.2 Å². The van der Waals surface area contributed by atoms with E-state index >= 15 is 8.78 Å². The van der Waals surface area contributed by atoms with Crippen LogP contribution in [0.2, 0.25) is 10.0 Å². The molecule has 0 spiro atoms. The highest BCUT2D eigenvalue weighted by atomic mass is 35.5. The minimum atomic E-state index is -0.531. The molecular weight excluding hydrogens is 675 g/mol. The number of rotatable bonds is 13. The summed E-state index contributed by atoms with van der Waals surface area (Å²) in [5, 5.41) is 15.7. The van der Waals surface area contributed by atoms with Crippen LogP contribution in [-0.2, 0) is 22.7 Å². The Labute approximate surface area is 292 Å². The third-order valence-corrected chi connectivity index (χ3v) is 9.41.